The first-order chi connectivity index (χ1) is 16.8. The molecule has 0 bridgehead atoms. The van der Waals surface area contributed by atoms with Gasteiger partial charge in [-0.2, -0.15) is 13.2 Å². The van der Waals surface area contributed by atoms with Gasteiger partial charge in [-0.25, -0.2) is 4.79 Å². The second kappa shape index (κ2) is 10.4. The lowest BCUT2D eigenvalue weighted by Crippen LogP contribution is -2.52. The first kappa shape index (κ1) is 24.6. The van der Waals surface area contributed by atoms with Crippen molar-refractivity contribution in [3.63, 3.8) is 0 Å². The van der Waals surface area contributed by atoms with Gasteiger partial charge in [-0.05, 0) is 43.0 Å². The second-order valence-corrected chi connectivity index (χ2v) is 8.76. The minimum absolute atomic E-state index is 0.0188. The maximum absolute atomic E-state index is 13.4. The molecule has 0 unspecified atom stereocenters. The third-order valence-electron chi connectivity index (χ3n) is 6.11. The molecule has 4 amide bonds. The standard InChI is InChI=1S/C24H26F3N5O3/c25-24(26,27)18-8-2-1-7-17(18)22(34)32-15-5-14-31(23(32)35)20-12-11-19(29-30-20)21(33)28-13-4-3-6-16-9-10-16/h1-2,7-8,11-12,16H,3-6,9-10,13-15H2,(H,28,33). The van der Waals surface area contributed by atoms with Gasteiger partial charge >= 0.3 is 12.2 Å². The van der Waals surface area contributed by atoms with Crippen LogP contribution in [0.15, 0.2) is 36.4 Å². The Morgan fingerprint density at radius 2 is 1.80 bits per heavy atom. The molecule has 0 spiro atoms. The molecule has 8 nitrogen and oxygen atoms in total. The highest BCUT2D eigenvalue weighted by Crippen LogP contribution is 2.34. The van der Waals surface area contributed by atoms with Gasteiger partial charge in [0.2, 0.25) is 0 Å². The Kier molecular flexibility index (Phi) is 7.32. The van der Waals surface area contributed by atoms with Gasteiger partial charge in [-0.3, -0.25) is 19.4 Å². The second-order valence-electron chi connectivity index (χ2n) is 8.76. The van der Waals surface area contributed by atoms with Crippen LogP contribution >= 0.6 is 0 Å². The number of aromatic nitrogens is 2. The van der Waals surface area contributed by atoms with Crippen molar-refractivity contribution >= 4 is 23.7 Å². The van der Waals surface area contributed by atoms with E-state index < -0.39 is 29.2 Å². The summed E-state index contributed by atoms with van der Waals surface area (Å²) in [4.78, 5) is 40.1. The third kappa shape index (κ3) is 5.95. The smallest absolute Gasteiger partial charge is 0.351 e. The summed E-state index contributed by atoms with van der Waals surface area (Å²) in [7, 11) is 0. The molecule has 1 aliphatic carbocycles. The highest BCUT2D eigenvalue weighted by Gasteiger charge is 2.39. The summed E-state index contributed by atoms with van der Waals surface area (Å²) < 4.78 is 40.1. The van der Waals surface area contributed by atoms with Crippen LogP contribution in [-0.4, -0.2) is 52.6 Å². The molecular weight excluding hydrogens is 463 g/mol. The Hall–Kier alpha value is -3.50. The number of unbranched alkanes of at least 4 members (excludes halogenated alkanes) is 1. The van der Waals surface area contributed by atoms with E-state index in [0.717, 1.165) is 35.8 Å². The zero-order chi connectivity index (χ0) is 25.0. The minimum Gasteiger partial charge on any atom is -0.351 e. The van der Waals surface area contributed by atoms with E-state index in [4.69, 9.17) is 0 Å². The zero-order valence-corrected chi connectivity index (χ0v) is 19.1. The average Bonchev–Trinajstić information content (AvgIpc) is 3.67. The Morgan fingerprint density at radius 1 is 1.03 bits per heavy atom. The van der Waals surface area contributed by atoms with E-state index in [9.17, 15) is 27.6 Å². The monoisotopic (exact) mass is 489 g/mol. The summed E-state index contributed by atoms with van der Waals surface area (Å²) in [6, 6.07) is 6.43. The van der Waals surface area contributed by atoms with Crippen molar-refractivity contribution in [2.75, 3.05) is 24.5 Å². The number of nitrogens with zero attached hydrogens (tertiary/aromatic N) is 4. The Bertz CT molecular complexity index is 1090. The number of alkyl halides is 3. The molecule has 0 radical (unpaired) electrons. The molecule has 1 aliphatic heterocycles. The summed E-state index contributed by atoms with van der Waals surface area (Å²) in [5.74, 6) is -0.441. The van der Waals surface area contributed by atoms with Crippen LogP contribution in [0.25, 0.3) is 0 Å². The summed E-state index contributed by atoms with van der Waals surface area (Å²) in [5, 5.41) is 10.6. The number of anilines is 1. The first-order valence-corrected chi connectivity index (χ1v) is 11.7. The maximum Gasteiger partial charge on any atom is 0.417 e. The van der Waals surface area contributed by atoms with E-state index in [1.807, 2.05) is 0 Å². The molecule has 2 aromatic rings. The number of halogens is 3. The quantitative estimate of drug-likeness (QED) is 0.559. The van der Waals surface area contributed by atoms with Crippen LogP contribution in [0.3, 0.4) is 0 Å². The Morgan fingerprint density at radius 3 is 2.49 bits per heavy atom. The number of imide groups is 1. The Labute approximate surface area is 200 Å². The van der Waals surface area contributed by atoms with E-state index in [-0.39, 0.29) is 30.5 Å². The topological polar surface area (TPSA) is 95.5 Å². The highest BCUT2D eigenvalue weighted by molar-refractivity contribution is 6.09. The van der Waals surface area contributed by atoms with Gasteiger partial charge in [-0.1, -0.05) is 37.8 Å². The van der Waals surface area contributed by atoms with Crippen molar-refractivity contribution in [2.45, 2.75) is 44.7 Å². The number of hydrogen-bond donors (Lipinski definition) is 1. The van der Waals surface area contributed by atoms with Gasteiger partial charge in [0.1, 0.15) is 0 Å². The van der Waals surface area contributed by atoms with Crippen LogP contribution in [0.5, 0.6) is 0 Å². The van der Waals surface area contributed by atoms with Gasteiger partial charge < -0.3 is 5.32 Å². The number of carbonyl (C=O) groups excluding carboxylic acids is 3. The summed E-state index contributed by atoms with van der Waals surface area (Å²) in [6.07, 6.45) is 1.36. The molecule has 1 saturated heterocycles. The molecule has 11 heteroatoms. The number of urea groups is 1. The summed E-state index contributed by atoms with van der Waals surface area (Å²) in [5.41, 5.74) is -1.60. The molecule has 2 aliphatic rings. The fourth-order valence-electron chi connectivity index (χ4n) is 4.03. The molecule has 35 heavy (non-hydrogen) atoms. The number of rotatable bonds is 8. The minimum atomic E-state index is -4.73. The lowest BCUT2D eigenvalue weighted by Gasteiger charge is -2.33. The van der Waals surface area contributed by atoms with Gasteiger partial charge in [0.05, 0.1) is 11.1 Å². The normalized spacial score (nSPS) is 16.4. The largest absolute Gasteiger partial charge is 0.417 e. The van der Waals surface area contributed by atoms with Crippen molar-refractivity contribution in [1.82, 2.24) is 20.4 Å². The number of benzene rings is 1. The molecule has 1 aromatic carbocycles. The SMILES string of the molecule is O=C(NCCCCC1CC1)c1ccc(N2CCCN(C(=O)c3ccccc3C(F)(F)F)C2=O)nn1. The van der Waals surface area contributed by atoms with Gasteiger partial charge in [-0.15, -0.1) is 10.2 Å². The summed E-state index contributed by atoms with van der Waals surface area (Å²) >= 11 is 0. The number of nitrogens with one attached hydrogen (secondary N) is 1. The molecule has 2 fully saturated rings. The fourth-order valence-corrected chi connectivity index (χ4v) is 4.03. The zero-order valence-electron chi connectivity index (χ0n) is 19.1. The van der Waals surface area contributed by atoms with Crippen LogP contribution in [-0.2, 0) is 6.18 Å². The van der Waals surface area contributed by atoms with Crippen LogP contribution in [0, 0.1) is 5.92 Å². The van der Waals surface area contributed by atoms with Crippen molar-refractivity contribution < 1.29 is 27.6 Å². The lowest BCUT2D eigenvalue weighted by atomic mass is 10.1. The third-order valence-corrected chi connectivity index (χ3v) is 6.11. The van der Waals surface area contributed by atoms with Crippen LogP contribution in [0.4, 0.5) is 23.8 Å². The average molecular weight is 489 g/mol. The molecule has 186 valence electrons. The van der Waals surface area contributed by atoms with Gasteiger partial charge in [0.25, 0.3) is 11.8 Å². The maximum atomic E-state index is 13.4. The van der Waals surface area contributed by atoms with Crippen LogP contribution in [0.1, 0.15) is 64.9 Å². The summed E-state index contributed by atoms with van der Waals surface area (Å²) in [6.45, 7) is 0.732. The van der Waals surface area contributed by atoms with Crippen molar-refractivity contribution in [3.8, 4) is 0 Å². The van der Waals surface area contributed by atoms with Gasteiger partial charge in [0.15, 0.2) is 11.5 Å². The fraction of sp³-hybridized carbons (Fsp3) is 0.458. The number of carbonyl (C=O) groups is 3. The van der Waals surface area contributed by atoms with Crippen LogP contribution < -0.4 is 10.2 Å². The van der Waals surface area contributed by atoms with E-state index in [1.54, 1.807) is 0 Å². The number of hydrogen-bond acceptors (Lipinski definition) is 5. The van der Waals surface area contributed by atoms with Gasteiger partial charge in [0, 0.05) is 19.6 Å². The van der Waals surface area contributed by atoms with Crippen LogP contribution in [0.2, 0.25) is 0 Å². The molecular formula is C24H26F3N5O3. The van der Waals surface area contributed by atoms with Crippen molar-refractivity contribution in [2.24, 2.45) is 5.92 Å². The van der Waals surface area contributed by atoms with E-state index >= 15 is 0 Å². The molecule has 1 saturated carbocycles. The Balaban J connectivity index is 1.39. The molecule has 1 N–H and O–H groups in total. The van der Waals surface area contributed by atoms with E-state index in [0.29, 0.717) is 13.0 Å². The molecule has 4 rings (SSSR count). The molecule has 0 atom stereocenters. The molecule has 1 aromatic heterocycles. The highest BCUT2D eigenvalue weighted by atomic mass is 19.4. The van der Waals surface area contributed by atoms with E-state index in [2.05, 4.69) is 15.5 Å². The van der Waals surface area contributed by atoms with Crippen molar-refractivity contribution in [3.05, 3.63) is 53.2 Å². The predicted octanol–water partition coefficient (Wildman–Crippen LogP) is 4.28. The van der Waals surface area contributed by atoms with Crippen molar-refractivity contribution in [1.29, 1.82) is 0 Å². The van der Waals surface area contributed by atoms with E-state index in [1.165, 1.54) is 48.4 Å². The lowest BCUT2D eigenvalue weighted by molar-refractivity contribution is -0.138. The molecule has 2 heterocycles. The number of amides is 4. The predicted molar refractivity (Wildman–Crippen MR) is 121 cm³/mol. The first-order valence-electron chi connectivity index (χ1n) is 11.7.